The van der Waals surface area contributed by atoms with Crippen LogP contribution >= 0.6 is 22.9 Å². The molecule has 52 valence electrons. The van der Waals surface area contributed by atoms with Crippen molar-refractivity contribution in [2.24, 2.45) is 0 Å². The molecule has 0 aliphatic heterocycles. The molecule has 1 heterocycles. The number of halogens is 1. The maximum absolute atomic E-state index is 5.44. The number of anilines is 1. The van der Waals surface area contributed by atoms with Crippen LogP contribution in [-0.4, -0.2) is 4.98 Å². The molecule has 0 bridgehead atoms. The molecule has 1 aromatic heterocycles. The lowest BCUT2D eigenvalue weighted by atomic mass is 11.0. The van der Waals surface area contributed by atoms with Gasteiger partial charge >= 0.3 is 0 Å². The summed E-state index contributed by atoms with van der Waals surface area (Å²) in [5.41, 5.74) is 5.20. The van der Waals surface area contributed by atoms with Gasteiger partial charge in [-0.2, -0.15) is 0 Å². The van der Waals surface area contributed by atoms with Crippen molar-refractivity contribution < 1.29 is 0 Å². The van der Waals surface area contributed by atoms with E-state index in [2.05, 4.69) is 4.98 Å². The average molecular weight is 165 g/mol. The van der Waals surface area contributed by atoms with Crippen molar-refractivity contribution in [1.82, 2.24) is 4.98 Å². The highest BCUT2D eigenvalue weighted by molar-refractivity contribution is 7.19. The normalized spacial score (nSPS) is 7.89. The summed E-state index contributed by atoms with van der Waals surface area (Å²) in [6.45, 7) is 4.00. The molecule has 0 radical (unpaired) electrons. The zero-order valence-electron chi connectivity index (χ0n) is 5.39. The van der Waals surface area contributed by atoms with Crippen molar-refractivity contribution in [3.8, 4) is 0 Å². The van der Waals surface area contributed by atoms with E-state index in [-0.39, 0.29) is 0 Å². The lowest BCUT2D eigenvalue weighted by molar-refractivity contribution is 1.43. The lowest BCUT2D eigenvalue weighted by Gasteiger charge is -1.68. The van der Waals surface area contributed by atoms with E-state index in [9.17, 15) is 0 Å². The smallest absolute Gasteiger partial charge is 0.181 e. The van der Waals surface area contributed by atoms with Gasteiger partial charge in [-0.3, -0.25) is 0 Å². The number of nitrogens with two attached hydrogens (primary N) is 1. The van der Waals surface area contributed by atoms with Gasteiger partial charge in [-0.25, -0.2) is 4.98 Å². The third-order valence-corrected chi connectivity index (χ3v) is 1.44. The highest BCUT2D eigenvalue weighted by atomic mass is 35.5. The Balaban J connectivity index is 0.000000291. The first-order chi connectivity index (χ1) is 4.29. The van der Waals surface area contributed by atoms with Gasteiger partial charge in [0.15, 0.2) is 5.13 Å². The molecule has 2 N–H and O–H groups in total. The first-order valence-corrected chi connectivity index (χ1v) is 3.85. The molecule has 0 amide bonds. The monoisotopic (exact) mass is 164 g/mol. The zero-order chi connectivity index (χ0) is 7.28. The molecule has 0 saturated heterocycles. The molecule has 0 saturated carbocycles. The molecule has 0 spiro atoms. The van der Waals surface area contributed by atoms with Crippen LogP contribution in [0.15, 0.2) is 6.20 Å². The van der Waals surface area contributed by atoms with Gasteiger partial charge in [-0.1, -0.05) is 36.8 Å². The molecular weight excluding hydrogens is 156 g/mol. The van der Waals surface area contributed by atoms with E-state index in [4.69, 9.17) is 17.3 Å². The van der Waals surface area contributed by atoms with E-state index in [1.807, 2.05) is 13.8 Å². The van der Waals surface area contributed by atoms with Crippen LogP contribution in [-0.2, 0) is 0 Å². The van der Waals surface area contributed by atoms with Gasteiger partial charge in [0, 0.05) is 0 Å². The summed E-state index contributed by atoms with van der Waals surface area (Å²) in [4.78, 5) is 3.68. The van der Waals surface area contributed by atoms with Gasteiger partial charge < -0.3 is 5.73 Å². The molecular formula is C5H9ClN2S. The van der Waals surface area contributed by atoms with Crippen LogP contribution in [0, 0.1) is 0 Å². The molecule has 0 fully saturated rings. The molecule has 0 atom stereocenters. The van der Waals surface area contributed by atoms with E-state index in [1.54, 1.807) is 0 Å². The topological polar surface area (TPSA) is 38.9 Å². The van der Waals surface area contributed by atoms with E-state index in [1.165, 1.54) is 17.5 Å². The van der Waals surface area contributed by atoms with Crippen LogP contribution in [0.2, 0.25) is 4.34 Å². The van der Waals surface area contributed by atoms with E-state index in [0.29, 0.717) is 9.47 Å². The predicted octanol–water partition coefficient (Wildman–Crippen LogP) is 2.40. The maximum atomic E-state index is 5.44. The molecule has 0 aromatic carbocycles. The third-order valence-electron chi connectivity index (χ3n) is 0.495. The first kappa shape index (κ1) is 8.72. The molecule has 0 unspecified atom stereocenters. The van der Waals surface area contributed by atoms with E-state index >= 15 is 0 Å². The van der Waals surface area contributed by atoms with Gasteiger partial charge in [0.25, 0.3) is 0 Å². The number of hydrogen-bond acceptors (Lipinski definition) is 3. The number of nitrogen functional groups attached to an aromatic ring is 1. The summed E-state index contributed by atoms with van der Waals surface area (Å²) >= 11 is 6.71. The fraction of sp³-hybridized carbons (Fsp3) is 0.400. The molecule has 1 aromatic rings. The van der Waals surface area contributed by atoms with Crippen molar-refractivity contribution in [3.63, 3.8) is 0 Å². The molecule has 4 heteroatoms. The van der Waals surface area contributed by atoms with Crippen LogP contribution in [0.5, 0.6) is 0 Å². The van der Waals surface area contributed by atoms with Crippen LogP contribution in [0.3, 0.4) is 0 Å². The number of hydrogen-bond donors (Lipinski definition) is 1. The lowest BCUT2D eigenvalue weighted by Crippen LogP contribution is -1.77. The first-order valence-electron chi connectivity index (χ1n) is 2.66. The van der Waals surface area contributed by atoms with Crippen LogP contribution in [0.1, 0.15) is 13.8 Å². The summed E-state index contributed by atoms with van der Waals surface area (Å²) in [6, 6.07) is 0. The summed E-state index contributed by atoms with van der Waals surface area (Å²) < 4.78 is 0.637. The fourth-order valence-electron chi connectivity index (χ4n) is 0.267. The zero-order valence-corrected chi connectivity index (χ0v) is 6.96. The highest BCUT2D eigenvalue weighted by Gasteiger charge is 1.89. The Morgan fingerprint density at radius 1 is 1.67 bits per heavy atom. The SMILES string of the molecule is CC.Nc1ncc(Cl)s1. The van der Waals surface area contributed by atoms with Crippen molar-refractivity contribution in [2.45, 2.75) is 13.8 Å². The van der Waals surface area contributed by atoms with Gasteiger partial charge in [0.2, 0.25) is 0 Å². The largest absolute Gasteiger partial charge is 0.375 e. The Hall–Kier alpha value is -0.280. The van der Waals surface area contributed by atoms with Crippen LogP contribution in [0.25, 0.3) is 0 Å². The molecule has 0 aliphatic carbocycles. The van der Waals surface area contributed by atoms with Crippen molar-refractivity contribution in [1.29, 1.82) is 0 Å². The average Bonchev–Trinajstić information content (AvgIpc) is 2.20. The Kier molecular flexibility index (Phi) is 4.44. The molecule has 9 heavy (non-hydrogen) atoms. The van der Waals surface area contributed by atoms with Crippen molar-refractivity contribution in [3.05, 3.63) is 10.5 Å². The molecule has 2 nitrogen and oxygen atoms in total. The summed E-state index contributed by atoms with van der Waals surface area (Å²) in [5, 5.41) is 0.519. The second kappa shape index (κ2) is 4.58. The maximum Gasteiger partial charge on any atom is 0.181 e. The minimum absolute atomic E-state index is 0.519. The van der Waals surface area contributed by atoms with Crippen molar-refractivity contribution >= 4 is 28.1 Å². The van der Waals surface area contributed by atoms with Crippen LogP contribution in [0.4, 0.5) is 5.13 Å². The van der Waals surface area contributed by atoms with Gasteiger partial charge in [0.1, 0.15) is 4.34 Å². The minimum Gasteiger partial charge on any atom is -0.375 e. The quantitative estimate of drug-likeness (QED) is 0.640. The second-order valence-electron chi connectivity index (χ2n) is 1.00. The second-order valence-corrected chi connectivity index (χ2v) is 2.70. The van der Waals surface area contributed by atoms with Gasteiger partial charge in [0.05, 0.1) is 6.20 Å². The Morgan fingerprint density at radius 2 is 2.22 bits per heavy atom. The van der Waals surface area contributed by atoms with Crippen molar-refractivity contribution in [2.75, 3.05) is 5.73 Å². The van der Waals surface area contributed by atoms with E-state index in [0.717, 1.165) is 0 Å². The van der Waals surface area contributed by atoms with Gasteiger partial charge in [-0.15, -0.1) is 0 Å². The minimum atomic E-state index is 0.519. The summed E-state index contributed by atoms with van der Waals surface area (Å²) in [5.74, 6) is 0. The fourth-order valence-corrected chi connectivity index (χ4v) is 0.964. The summed E-state index contributed by atoms with van der Waals surface area (Å²) in [7, 11) is 0. The number of aromatic nitrogens is 1. The number of thiazole rings is 1. The molecule has 0 aliphatic rings. The van der Waals surface area contributed by atoms with Crippen LogP contribution < -0.4 is 5.73 Å². The predicted molar refractivity (Wildman–Crippen MR) is 42.9 cm³/mol. The summed E-state index contributed by atoms with van der Waals surface area (Å²) in [6.07, 6.45) is 1.53. The molecule has 1 rings (SSSR count). The standard InChI is InChI=1S/C3H3ClN2S.C2H6/c4-2-1-6-3(5)7-2;1-2/h1H,(H2,5,6);1-2H3. The van der Waals surface area contributed by atoms with Gasteiger partial charge in [-0.05, 0) is 0 Å². The Bertz CT molecular complexity index is 147. The van der Waals surface area contributed by atoms with E-state index < -0.39 is 0 Å². The highest BCUT2D eigenvalue weighted by Crippen LogP contribution is 2.18. The number of nitrogens with zero attached hydrogens (tertiary/aromatic N) is 1. The Labute approximate surface area is 63.7 Å². The third kappa shape index (κ3) is 3.32. The number of rotatable bonds is 0. The Morgan fingerprint density at radius 3 is 2.33 bits per heavy atom.